The van der Waals surface area contributed by atoms with Crippen LogP contribution in [0.15, 0.2) is 30.6 Å². The van der Waals surface area contributed by atoms with Gasteiger partial charge in [-0.3, -0.25) is 19.4 Å². The topological polar surface area (TPSA) is 138 Å². The molecule has 1 fully saturated rings. The minimum absolute atomic E-state index is 0.0902. The van der Waals surface area contributed by atoms with Crippen molar-refractivity contribution in [1.82, 2.24) is 15.2 Å². The summed E-state index contributed by atoms with van der Waals surface area (Å²) in [6.07, 6.45) is -1.45. The SMILES string of the molecule is COCCC(=O)N1CC(C)(C)C(C)[C@H]1C(=O)NC(C#N)c1cncc2cccc(Cl)c12.NC(=O)C(F)(F)F. The van der Waals surface area contributed by atoms with E-state index in [1.54, 1.807) is 23.4 Å². The number of aromatic nitrogens is 1. The van der Waals surface area contributed by atoms with E-state index in [0.29, 0.717) is 29.1 Å². The number of amides is 3. The van der Waals surface area contributed by atoms with Crippen molar-refractivity contribution < 1.29 is 32.3 Å². The fourth-order valence-corrected chi connectivity index (χ4v) is 4.46. The second-order valence-corrected chi connectivity index (χ2v) is 9.89. The third kappa shape index (κ3) is 7.11. The van der Waals surface area contributed by atoms with E-state index in [-0.39, 0.29) is 29.6 Å². The maximum absolute atomic E-state index is 13.4. The number of likely N-dealkylation sites (tertiary alicyclic amines) is 1. The molecule has 2 aromatic rings. The Hall–Kier alpha value is -3.43. The average Bonchev–Trinajstić information content (AvgIpc) is 3.09. The summed E-state index contributed by atoms with van der Waals surface area (Å²) < 4.78 is 37.1. The summed E-state index contributed by atoms with van der Waals surface area (Å²) in [4.78, 5) is 41.1. The van der Waals surface area contributed by atoms with Gasteiger partial charge in [-0.25, -0.2) is 0 Å². The molecule has 0 saturated carbocycles. The first-order chi connectivity index (χ1) is 17.7. The van der Waals surface area contributed by atoms with E-state index < -0.39 is 24.2 Å². The van der Waals surface area contributed by atoms with Crippen LogP contribution in [0.1, 0.15) is 38.8 Å². The van der Waals surface area contributed by atoms with Gasteiger partial charge in [0.05, 0.1) is 19.1 Å². The number of pyridine rings is 1. The van der Waals surface area contributed by atoms with E-state index in [2.05, 4.69) is 22.1 Å². The molecule has 0 bridgehead atoms. The lowest BCUT2D eigenvalue weighted by molar-refractivity contribution is -0.169. The van der Waals surface area contributed by atoms with Crippen molar-refractivity contribution in [2.45, 2.75) is 45.5 Å². The molecule has 206 valence electrons. The van der Waals surface area contributed by atoms with Crippen molar-refractivity contribution in [3.05, 3.63) is 41.2 Å². The van der Waals surface area contributed by atoms with Crippen LogP contribution in [0.25, 0.3) is 10.8 Å². The molecule has 3 rings (SSSR count). The highest BCUT2D eigenvalue weighted by atomic mass is 35.5. The van der Waals surface area contributed by atoms with E-state index in [9.17, 15) is 28.0 Å². The predicted octanol–water partition coefficient (Wildman–Crippen LogP) is 3.51. The number of benzene rings is 1. The molecule has 3 atom stereocenters. The predicted molar refractivity (Wildman–Crippen MR) is 133 cm³/mol. The van der Waals surface area contributed by atoms with Crippen molar-refractivity contribution in [1.29, 1.82) is 5.26 Å². The highest BCUT2D eigenvalue weighted by Gasteiger charge is 2.49. The summed E-state index contributed by atoms with van der Waals surface area (Å²) in [6.45, 7) is 6.80. The normalized spacial score (nSPS) is 19.2. The lowest BCUT2D eigenvalue weighted by atomic mass is 9.80. The number of halogens is 4. The fourth-order valence-electron chi connectivity index (χ4n) is 4.17. The second-order valence-electron chi connectivity index (χ2n) is 9.49. The number of nitrogens with one attached hydrogen (secondary N) is 1. The Balaban J connectivity index is 0.000000638. The largest absolute Gasteiger partial charge is 0.470 e. The number of carbonyl (C=O) groups excluding carboxylic acids is 3. The quantitative estimate of drug-likeness (QED) is 0.559. The van der Waals surface area contributed by atoms with Crippen molar-refractivity contribution >= 4 is 40.1 Å². The molecule has 13 heteroatoms. The monoisotopic (exact) mass is 555 g/mol. The molecule has 1 aromatic heterocycles. The van der Waals surface area contributed by atoms with E-state index >= 15 is 0 Å². The van der Waals surface area contributed by atoms with Gasteiger partial charge in [0.2, 0.25) is 11.8 Å². The zero-order valence-corrected chi connectivity index (χ0v) is 22.1. The van der Waals surface area contributed by atoms with Gasteiger partial charge < -0.3 is 20.7 Å². The molecule has 3 N–H and O–H groups in total. The molecule has 9 nitrogen and oxygen atoms in total. The highest BCUT2D eigenvalue weighted by Crippen LogP contribution is 2.40. The molecular formula is C25H29ClF3N5O4. The van der Waals surface area contributed by atoms with Crippen molar-refractivity contribution in [3.63, 3.8) is 0 Å². The zero-order valence-electron chi connectivity index (χ0n) is 21.3. The van der Waals surface area contributed by atoms with Crippen LogP contribution in [0.5, 0.6) is 0 Å². The van der Waals surface area contributed by atoms with Gasteiger partial charge in [-0.1, -0.05) is 44.5 Å². The van der Waals surface area contributed by atoms with Crippen LogP contribution >= 0.6 is 11.6 Å². The summed E-state index contributed by atoms with van der Waals surface area (Å²) in [5.41, 5.74) is 4.10. The van der Waals surface area contributed by atoms with Crippen molar-refractivity contribution in [3.8, 4) is 6.07 Å². The Morgan fingerprint density at radius 2 is 1.97 bits per heavy atom. The van der Waals surface area contributed by atoms with Gasteiger partial charge >= 0.3 is 12.1 Å². The van der Waals surface area contributed by atoms with E-state index in [0.717, 1.165) is 5.39 Å². The van der Waals surface area contributed by atoms with Gasteiger partial charge in [0, 0.05) is 47.4 Å². The van der Waals surface area contributed by atoms with Crippen LogP contribution in [0.4, 0.5) is 13.2 Å². The van der Waals surface area contributed by atoms with E-state index in [1.165, 1.54) is 7.11 Å². The van der Waals surface area contributed by atoms with E-state index in [1.807, 2.05) is 32.9 Å². The van der Waals surface area contributed by atoms with Crippen molar-refractivity contribution in [2.24, 2.45) is 17.1 Å². The summed E-state index contributed by atoms with van der Waals surface area (Å²) >= 11 is 6.39. The van der Waals surface area contributed by atoms with Gasteiger partial charge in [0.15, 0.2) is 0 Å². The zero-order chi connectivity index (χ0) is 28.8. The number of fused-ring (bicyclic) bond motifs is 1. The van der Waals surface area contributed by atoms with E-state index in [4.69, 9.17) is 21.1 Å². The molecule has 0 radical (unpaired) electrons. The van der Waals surface area contributed by atoms with Crippen LogP contribution < -0.4 is 11.1 Å². The Kier molecular flexibility index (Phi) is 10.1. The number of ether oxygens (including phenoxy) is 1. The van der Waals surface area contributed by atoms with Crippen LogP contribution in [-0.2, 0) is 19.1 Å². The molecule has 1 saturated heterocycles. The average molecular weight is 556 g/mol. The molecule has 1 aromatic carbocycles. The van der Waals surface area contributed by atoms with Gasteiger partial charge in [-0.05, 0) is 17.4 Å². The summed E-state index contributed by atoms with van der Waals surface area (Å²) in [7, 11) is 1.54. The van der Waals surface area contributed by atoms with Gasteiger partial charge in [-0.2, -0.15) is 18.4 Å². The molecule has 2 unspecified atom stereocenters. The van der Waals surface area contributed by atoms with Crippen LogP contribution in [0.3, 0.4) is 0 Å². The van der Waals surface area contributed by atoms with Crippen LogP contribution in [0, 0.1) is 22.7 Å². The molecule has 0 aliphatic carbocycles. The number of alkyl halides is 3. The van der Waals surface area contributed by atoms with Gasteiger partial charge in [0.25, 0.3) is 0 Å². The summed E-state index contributed by atoms with van der Waals surface area (Å²) in [5.74, 6) is -2.85. The van der Waals surface area contributed by atoms with Gasteiger partial charge in [-0.15, -0.1) is 0 Å². The molecule has 2 heterocycles. The first-order valence-corrected chi connectivity index (χ1v) is 11.9. The molecular weight excluding hydrogens is 527 g/mol. The standard InChI is InChI=1S/C23H27ClN4O3.C2H2F3NO/c1-14-21(28(13-23(14,2)3)19(29)8-9-31-4)22(30)27-18(10-25)16-12-26-11-15-6-5-7-17(24)20(15)16;3-2(4,5)1(6)7/h5-7,11-12,14,18,21H,8-9,13H2,1-4H3,(H,27,30);(H2,6,7)/t14?,18?,21-;/m0./s1. The van der Waals surface area contributed by atoms with Crippen LogP contribution in [0.2, 0.25) is 5.02 Å². The number of nitrogens with two attached hydrogens (primary N) is 1. The maximum Gasteiger partial charge on any atom is 0.470 e. The van der Waals surface area contributed by atoms with Crippen LogP contribution in [-0.4, -0.2) is 60.1 Å². The number of nitrogens with zero attached hydrogens (tertiary/aromatic N) is 3. The molecule has 3 amide bonds. The Labute approximate surface area is 223 Å². The Bertz CT molecular complexity index is 1230. The number of hydrogen-bond acceptors (Lipinski definition) is 6. The summed E-state index contributed by atoms with van der Waals surface area (Å²) in [5, 5.41) is 14.6. The third-order valence-electron chi connectivity index (χ3n) is 6.50. The smallest absolute Gasteiger partial charge is 0.384 e. The summed E-state index contributed by atoms with van der Waals surface area (Å²) in [6, 6.07) is 5.93. The lowest BCUT2D eigenvalue weighted by Gasteiger charge is -2.28. The Morgan fingerprint density at radius 1 is 1.34 bits per heavy atom. The maximum atomic E-state index is 13.4. The number of rotatable bonds is 6. The number of methoxy groups -OCH3 is 1. The first kappa shape index (κ1) is 30.8. The molecule has 38 heavy (non-hydrogen) atoms. The third-order valence-corrected chi connectivity index (χ3v) is 6.81. The highest BCUT2D eigenvalue weighted by molar-refractivity contribution is 6.35. The van der Waals surface area contributed by atoms with Crippen molar-refractivity contribution in [2.75, 3.05) is 20.3 Å². The second kappa shape index (κ2) is 12.4. The molecule has 1 aliphatic rings. The first-order valence-electron chi connectivity index (χ1n) is 11.5. The molecule has 1 aliphatic heterocycles. The number of hydrogen-bond donors (Lipinski definition) is 2. The fraction of sp³-hybridized carbons (Fsp3) is 0.480. The number of nitriles is 1. The number of carbonyl (C=O) groups is 3. The number of primary amides is 1. The molecule has 0 spiro atoms. The lowest BCUT2D eigenvalue weighted by Crippen LogP contribution is -2.49. The minimum Gasteiger partial charge on any atom is -0.384 e. The Morgan fingerprint density at radius 3 is 2.53 bits per heavy atom. The van der Waals surface area contributed by atoms with Gasteiger partial charge in [0.1, 0.15) is 12.1 Å². The minimum atomic E-state index is -4.86.